The molecule has 3 aromatic carbocycles. The number of benzene rings is 3. The number of esters is 1. The van der Waals surface area contributed by atoms with Gasteiger partial charge in [0.25, 0.3) is 11.8 Å². The fraction of sp³-hybridized carbons (Fsp3) is 0.120. The number of ether oxygens (including phenoxy) is 1. The van der Waals surface area contributed by atoms with Gasteiger partial charge in [0, 0.05) is 5.56 Å². The Morgan fingerprint density at radius 3 is 2.41 bits per heavy atom. The Bertz CT molecular complexity index is 1150. The van der Waals surface area contributed by atoms with Crippen LogP contribution in [0, 0.1) is 13.8 Å². The zero-order valence-corrected chi connectivity index (χ0v) is 17.8. The molecule has 0 aliphatic heterocycles. The smallest absolute Gasteiger partial charge is 0.343 e. The minimum atomic E-state index is -0.452. The summed E-state index contributed by atoms with van der Waals surface area (Å²) in [5.41, 5.74) is 5.86. The lowest BCUT2D eigenvalue weighted by atomic mass is 10.1. The maximum absolute atomic E-state index is 12.2. The monoisotopic (exact) mass is 429 g/mol. The number of hydrogen-bond acceptors (Lipinski definition) is 5. The van der Waals surface area contributed by atoms with Crippen LogP contribution in [0.3, 0.4) is 0 Å². The van der Waals surface area contributed by atoms with Gasteiger partial charge >= 0.3 is 5.97 Å². The van der Waals surface area contributed by atoms with Gasteiger partial charge in [-0.1, -0.05) is 35.9 Å². The number of rotatable bonds is 7. The van der Waals surface area contributed by atoms with E-state index in [9.17, 15) is 14.4 Å². The van der Waals surface area contributed by atoms with Gasteiger partial charge in [-0.2, -0.15) is 5.10 Å². The van der Waals surface area contributed by atoms with Crippen molar-refractivity contribution in [2.45, 2.75) is 13.8 Å². The molecule has 0 atom stereocenters. The SMILES string of the molecule is Cc1cccc(C(=O)Oc2ccc(/C=N/NC(=O)CNC(=O)c3ccccc3C)cc2)c1. The molecule has 0 bridgehead atoms. The fourth-order valence-electron chi connectivity index (χ4n) is 2.86. The maximum atomic E-state index is 12.2. The summed E-state index contributed by atoms with van der Waals surface area (Å²) in [5.74, 6) is -0.809. The van der Waals surface area contributed by atoms with Crippen molar-refractivity contribution >= 4 is 24.0 Å². The Kier molecular flexibility index (Phi) is 7.48. The molecule has 3 rings (SSSR count). The van der Waals surface area contributed by atoms with E-state index in [-0.39, 0.29) is 12.5 Å². The predicted molar refractivity (Wildman–Crippen MR) is 122 cm³/mol. The van der Waals surface area contributed by atoms with Crippen molar-refractivity contribution < 1.29 is 19.1 Å². The third kappa shape index (κ3) is 6.37. The number of nitrogens with zero attached hydrogens (tertiary/aromatic N) is 1. The van der Waals surface area contributed by atoms with Gasteiger partial charge in [0.2, 0.25) is 0 Å². The van der Waals surface area contributed by atoms with Crippen LogP contribution >= 0.6 is 0 Å². The molecule has 0 aliphatic carbocycles. The molecule has 7 nitrogen and oxygen atoms in total. The number of amides is 2. The molecule has 0 unspecified atom stereocenters. The van der Waals surface area contributed by atoms with Gasteiger partial charge in [-0.25, -0.2) is 10.2 Å². The largest absolute Gasteiger partial charge is 0.423 e. The van der Waals surface area contributed by atoms with E-state index in [4.69, 9.17) is 4.74 Å². The molecule has 0 radical (unpaired) electrons. The number of carbonyl (C=O) groups is 3. The van der Waals surface area contributed by atoms with Gasteiger partial charge in [0.15, 0.2) is 0 Å². The second-order valence-corrected chi connectivity index (χ2v) is 7.12. The Hall–Kier alpha value is -4.26. The summed E-state index contributed by atoms with van der Waals surface area (Å²) in [6, 6.07) is 21.0. The molecule has 32 heavy (non-hydrogen) atoms. The Labute approximate surface area is 186 Å². The third-order valence-electron chi connectivity index (χ3n) is 4.55. The third-order valence-corrected chi connectivity index (χ3v) is 4.55. The van der Waals surface area contributed by atoms with Crippen molar-refractivity contribution in [1.29, 1.82) is 0 Å². The molecule has 0 saturated carbocycles. The van der Waals surface area contributed by atoms with E-state index < -0.39 is 11.9 Å². The molecular weight excluding hydrogens is 406 g/mol. The molecule has 0 spiro atoms. The number of nitrogens with one attached hydrogen (secondary N) is 2. The van der Waals surface area contributed by atoms with Crippen LogP contribution in [0.4, 0.5) is 0 Å². The average molecular weight is 429 g/mol. The minimum absolute atomic E-state index is 0.196. The average Bonchev–Trinajstić information content (AvgIpc) is 2.79. The highest BCUT2D eigenvalue weighted by atomic mass is 16.5. The van der Waals surface area contributed by atoms with E-state index >= 15 is 0 Å². The standard InChI is InChI=1S/C25H23N3O4/c1-17-6-5-8-20(14-17)25(31)32-21-12-10-19(11-13-21)15-27-28-23(29)16-26-24(30)22-9-4-3-7-18(22)2/h3-15H,16H2,1-2H3,(H,26,30)(H,28,29)/b27-15+. The molecule has 0 fully saturated rings. The lowest BCUT2D eigenvalue weighted by molar-refractivity contribution is -0.120. The number of hydrazone groups is 1. The summed E-state index contributed by atoms with van der Waals surface area (Å²) in [6.45, 7) is 3.54. The number of aryl methyl sites for hydroxylation is 2. The molecule has 2 N–H and O–H groups in total. The summed E-state index contributed by atoms with van der Waals surface area (Å²) in [5, 5.41) is 6.43. The maximum Gasteiger partial charge on any atom is 0.343 e. The molecule has 0 aliphatic rings. The van der Waals surface area contributed by atoms with Crippen LogP contribution in [0.5, 0.6) is 5.75 Å². The summed E-state index contributed by atoms with van der Waals surface area (Å²) in [6.07, 6.45) is 1.45. The lowest BCUT2D eigenvalue weighted by Crippen LogP contribution is -2.35. The Balaban J connectivity index is 1.46. The molecule has 0 saturated heterocycles. The molecule has 162 valence electrons. The Morgan fingerprint density at radius 1 is 0.938 bits per heavy atom. The Morgan fingerprint density at radius 2 is 1.69 bits per heavy atom. The zero-order chi connectivity index (χ0) is 22.9. The summed E-state index contributed by atoms with van der Waals surface area (Å²) < 4.78 is 5.36. The van der Waals surface area contributed by atoms with Crippen LogP contribution in [-0.2, 0) is 4.79 Å². The van der Waals surface area contributed by atoms with Crippen molar-refractivity contribution in [3.05, 3.63) is 101 Å². The number of carbonyl (C=O) groups excluding carboxylic acids is 3. The van der Waals surface area contributed by atoms with Crippen LogP contribution in [0.2, 0.25) is 0 Å². The van der Waals surface area contributed by atoms with Crippen LogP contribution in [-0.4, -0.2) is 30.5 Å². The fourth-order valence-corrected chi connectivity index (χ4v) is 2.86. The van der Waals surface area contributed by atoms with Crippen molar-refractivity contribution in [3.63, 3.8) is 0 Å². The molecule has 0 heterocycles. The van der Waals surface area contributed by atoms with Crippen molar-refractivity contribution in [3.8, 4) is 5.75 Å². The van der Waals surface area contributed by atoms with Gasteiger partial charge in [0.1, 0.15) is 5.75 Å². The summed E-state index contributed by atoms with van der Waals surface area (Å²) >= 11 is 0. The molecule has 0 aromatic heterocycles. The van der Waals surface area contributed by atoms with Crippen LogP contribution in [0.25, 0.3) is 0 Å². The van der Waals surface area contributed by atoms with E-state index in [1.165, 1.54) is 6.21 Å². The quantitative estimate of drug-likeness (QED) is 0.260. The van der Waals surface area contributed by atoms with E-state index in [1.807, 2.05) is 32.0 Å². The minimum Gasteiger partial charge on any atom is -0.423 e. The normalized spacial score (nSPS) is 10.6. The highest BCUT2D eigenvalue weighted by Crippen LogP contribution is 2.14. The van der Waals surface area contributed by atoms with Gasteiger partial charge in [-0.15, -0.1) is 0 Å². The van der Waals surface area contributed by atoms with Gasteiger partial charge in [-0.05, 0) is 67.4 Å². The van der Waals surface area contributed by atoms with Crippen LogP contribution in [0.15, 0.2) is 77.9 Å². The van der Waals surface area contributed by atoms with Gasteiger partial charge < -0.3 is 10.1 Å². The summed E-state index contributed by atoms with van der Waals surface area (Å²) in [7, 11) is 0. The first-order valence-corrected chi connectivity index (χ1v) is 9.97. The molecule has 2 amide bonds. The first-order chi connectivity index (χ1) is 15.4. The van der Waals surface area contributed by atoms with Crippen molar-refractivity contribution in [1.82, 2.24) is 10.7 Å². The van der Waals surface area contributed by atoms with E-state index in [0.29, 0.717) is 22.4 Å². The topological polar surface area (TPSA) is 96.9 Å². The van der Waals surface area contributed by atoms with E-state index in [2.05, 4.69) is 15.8 Å². The first kappa shape index (κ1) is 22.4. The highest BCUT2D eigenvalue weighted by Gasteiger charge is 2.10. The highest BCUT2D eigenvalue weighted by molar-refractivity contribution is 5.97. The van der Waals surface area contributed by atoms with E-state index in [1.54, 1.807) is 54.6 Å². The van der Waals surface area contributed by atoms with Gasteiger partial charge in [-0.3, -0.25) is 9.59 Å². The lowest BCUT2D eigenvalue weighted by Gasteiger charge is -2.06. The first-order valence-electron chi connectivity index (χ1n) is 9.97. The van der Waals surface area contributed by atoms with Crippen LogP contribution in [0.1, 0.15) is 37.4 Å². The second kappa shape index (κ2) is 10.7. The molecule has 3 aromatic rings. The second-order valence-electron chi connectivity index (χ2n) is 7.12. The van der Waals surface area contributed by atoms with Gasteiger partial charge in [0.05, 0.1) is 18.3 Å². The zero-order valence-electron chi connectivity index (χ0n) is 17.8. The molecular formula is C25H23N3O4. The van der Waals surface area contributed by atoms with E-state index in [0.717, 1.165) is 11.1 Å². The predicted octanol–water partition coefficient (Wildman–Crippen LogP) is 3.40. The van der Waals surface area contributed by atoms with Crippen molar-refractivity contribution in [2.75, 3.05) is 6.54 Å². The number of hydrogen-bond donors (Lipinski definition) is 2. The summed E-state index contributed by atoms with van der Waals surface area (Å²) in [4.78, 5) is 36.2. The molecule has 7 heteroatoms. The van der Waals surface area contributed by atoms with Crippen molar-refractivity contribution in [2.24, 2.45) is 5.10 Å². The van der Waals surface area contributed by atoms with Crippen LogP contribution < -0.4 is 15.5 Å².